The molecular formula is C17H17N3O. The molecule has 21 heavy (non-hydrogen) atoms. The normalized spacial score (nSPS) is 12.1. The van der Waals surface area contributed by atoms with Crippen molar-refractivity contribution >= 4 is 16.6 Å². The third kappa shape index (κ3) is 2.79. The third-order valence-corrected chi connectivity index (χ3v) is 3.46. The second-order valence-electron chi connectivity index (χ2n) is 4.87. The molecule has 2 aromatic heterocycles. The number of pyridine rings is 2. The molecule has 2 heterocycles. The van der Waals surface area contributed by atoms with Gasteiger partial charge in [0.1, 0.15) is 11.6 Å². The van der Waals surface area contributed by atoms with Crippen LogP contribution in [-0.2, 0) is 0 Å². The summed E-state index contributed by atoms with van der Waals surface area (Å²) in [5.74, 6) is 1.70. The molecule has 1 N–H and O–H groups in total. The number of rotatable bonds is 4. The van der Waals surface area contributed by atoms with Gasteiger partial charge >= 0.3 is 0 Å². The van der Waals surface area contributed by atoms with Crippen molar-refractivity contribution in [3.63, 3.8) is 0 Å². The minimum atomic E-state index is 0.0893. The molecule has 1 aromatic carbocycles. The topological polar surface area (TPSA) is 47.0 Å². The standard InChI is InChI=1S/C17H17N3O/c1-12(16-5-3-4-9-18-16)20-17-15-7-6-14(21-2)11-13(15)8-10-19-17/h3-12H,1-2H3,(H,19,20). The summed E-state index contributed by atoms with van der Waals surface area (Å²) in [6, 6.07) is 14.0. The number of aromatic nitrogens is 2. The van der Waals surface area contributed by atoms with E-state index in [2.05, 4.69) is 22.2 Å². The zero-order valence-electron chi connectivity index (χ0n) is 12.1. The van der Waals surface area contributed by atoms with E-state index in [4.69, 9.17) is 4.74 Å². The van der Waals surface area contributed by atoms with E-state index in [-0.39, 0.29) is 6.04 Å². The number of anilines is 1. The van der Waals surface area contributed by atoms with Crippen LogP contribution in [0.4, 0.5) is 5.82 Å². The van der Waals surface area contributed by atoms with Crippen LogP contribution in [0.15, 0.2) is 54.9 Å². The van der Waals surface area contributed by atoms with Crippen molar-refractivity contribution in [3.05, 3.63) is 60.6 Å². The van der Waals surface area contributed by atoms with E-state index in [0.29, 0.717) is 0 Å². The first-order valence-corrected chi connectivity index (χ1v) is 6.88. The van der Waals surface area contributed by atoms with Crippen LogP contribution in [-0.4, -0.2) is 17.1 Å². The molecule has 3 aromatic rings. The molecule has 0 bridgehead atoms. The van der Waals surface area contributed by atoms with Crippen molar-refractivity contribution in [1.82, 2.24) is 9.97 Å². The van der Waals surface area contributed by atoms with Gasteiger partial charge in [0.2, 0.25) is 0 Å². The van der Waals surface area contributed by atoms with Crippen LogP contribution < -0.4 is 10.1 Å². The summed E-state index contributed by atoms with van der Waals surface area (Å²) in [6.07, 6.45) is 3.60. The van der Waals surface area contributed by atoms with Crippen LogP contribution in [0, 0.1) is 0 Å². The number of methoxy groups -OCH3 is 1. The van der Waals surface area contributed by atoms with Gasteiger partial charge < -0.3 is 10.1 Å². The van der Waals surface area contributed by atoms with E-state index in [1.54, 1.807) is 19.5 Å². The van der Waals surface area contributed by atoms with Gasteiger partial charge in [-0.15, -0.1) is 0 Å². The number of nitrogens with zero attached hydrogens (tertiary/aromatic N) is 2. The number of hydrogen-bond donors (Lipinski definition) is 1. The van der Waals surface area contributed by atoms with Crippen molar-refractivity contribution in [1.29, 1.82) is 0 Å². The van der Waals surface area contributed by atoms with Crippen molar-refractivity contribution in [2.24, 2.45) is 0 Å². The smallest absolute Gasteiger partial charge is 0.134 e. The van der Waals surface area contributed by atoms with E-state index in [1.165, 1.54) is 0 Å². The Morgan fingerprint density at radius 3 is 2.71 bits per heavy atom. The van der Waals surface area contributed by atoms with Crippen LogP contribution in [0.25, 0.3) is 10.8 Å². The quantitative estimate of drug-likeness (QED) is 0.789. The molecule has 0 saturated carbocycles. The maximum absolute atomic E-state index is 5.26. The predicted octanol–water partition coefficient (Wildman–Crippen LogP) is 3.81. The Morgan fingerprint density at radius 2 is 1.95 bits per heavy atom. The van der Waals surface area contributed by atoms with Gasteiger partial charge in [-0.1, -0.05) is 6.07 Å². The Balaban J connectivity index is 1.94. The van der Waals surface area contributed by atoms with E-state index in [9.17, 15) is 0 Å². The Kier molecular flexibility index (Phi) is 3.69. The van der Waals surface area contributed by atoms with Gasteiger partial charge in [-0.05, 0) is 48.7 Å². The number of fused-ring (bicyclic) bond motifs is 1. The average Bonchev–Trinajstić information content (AvgIpc) is 2.55. The molecule has 0 radical (unpaired) electrons. The summed E-state index contributed by atoms with van der Waals surface area (Å²) in [7, 11) is 1.67. The minimum Gasteiger partial charge on any atom is -0.497 e. The fourth-order valence-electron chi connectivity index (χ4n) is 2.31. The molecule has 0 amide bonds. The molecule has 4 heteroatoms. The summed E-state index contributed by atoms with van der Waals surface area (Å²) in [5.41, 5.74) is 0.991. The van der Waals surface area contributed by atoms with Gasteiger partial charge in [0, 0.05) is 17.8 Å². The van der Waals surface area contributed by atoms with Gasteiger partial charge in [0.15, 0.2) is 0 Å². The van der Waals surface area contributed by atoms with Gasteiger partial charge in [-0.2, -0.15) is 0 Å². The van der Waals surface area contributed by atoms with Gasteiger partial charge in [0.25, 0.3) is 0 Å². The Morgan fingerprint density at radius 1 is 1.05 bits per heavy atom. The lowest BCUT2D eigenvalue weighted by Gasteiger charge is -2.15. The van der Waals surface area contributed by atoms with E-state index in [1.807, 2.05) is 42.5 Å². The van der Waals surface area contributed by atoms with Crippen LogP contribution in [0.1, 0.15) is 18.7 Å². The number of ether oxygens (including phenoxy) is 1. The molecule has 1 atom stereocenters. The first kappa shape index (κ1) is 13.4. The monoisotopic (exact) mass is 279 g/mol. The lowest BCUT2D eigenvalue weighted by atomic mass is 10.1. The van der Waals surface area contributed by atoms with Crippen molar-refractivity contribution in [2.45, 2.75) is 13.0 Å². The summed E-state index contributed by atoms with van der Waals surface area (Å²) in [6.45, 7) is 2.08. The molecular weight excluding hydrogens is 262 g/mol. The second kappa shape index (κ2) is 5.79. The molecule has 106 valence electrons. The maximum Gasteiger partial charge on any atom is 0.134 e. The zero-order valence-corrected chi connectivity index (χ0v) is 12.1. The predicted molar refractivity (Wildman–Crippen MR) is 84.6 cm³/mol. The van der Waals surface area contributed by atoms with Crippen LogP contribution >= 0.6 is 0 Å². The molecule has 0 aliphatic carbocycles. The minimum absolute atomic E-state index is 0.0893. The van der Waals surface area contributed by atoms with Gasteiger partial charge in [0.05, 0.1) is 18.8 Å². The van der Waals surface area contributed by atoms with E-state index >= 15 is 0 Å². The highest BCUT2D eigenvalue weighted by Gasteiger charge is 2.09. The largest absolute Gasteiger partial charge is 0.497 e. The number of hydrogen-bond acceptors (Lipinski definition) is 4. The summed E-state index contributed by atoms with van der Waals surface area (Å²) in [4.78, 5) is 8.82. The molecule has 0 saturated heterocycles. The second-order valence-corrected chi connectivity index (χ2v) is 4.87. The third-order valence-electron chi connectivity index (χ3n) is 3.46. The SMILES string of the molecule is COc1ccc2c(NC(C)c3ccccn3)nccc2c1. The molecule has 4 nitrogen and oxygen atoms in total. The summed E-state index contributed by atoms with van der Waals surface area (Å²) in [5, 5.41) is 5.59. The zero-order chi connectivity index (χ0) is 14.7. The molecule has 3 rings (SSSR count). The maximum atomic E-state index is 5.26. The van der Waals surface area contributed by atoms with Crippen LogP contribution in [0.3, 0.4) is 0 Å². The van der Waals surface area contributed by atoms with Crippen molar-refractivity contribution in [2.75, 3.05) is 12.4 Å². The van der Waals surface area contributed by atoms with Gasteiger partial charge in [-0.25, -0.2) is 4.98 Å². The average molecular weight is 279 g/mol. The van der Waals surface area contributed by atoms with Gasteiger partial charge in [-0.3, -0.25) is 4.98 Å². The summed E-state index contributed by atoms with van der Waals surface area (Å²) >= 11 is 0. The lowest BCUT2D eigenvalue weighted by Crippen LogP contribution is -2.09. The van der Waals surface area contributed by atoms with Crippen molar-refractivity contribution < 1.29 is 4.74 Å². The van der Waals surface area contributed by atoms with Crippen molar-refractivity contribution in [3.8, 4) is 5.75 Å². The molecule has 0 spiro atoms. The highest BCUT2D eigenvalue weighted by Crippen LogP contribution is 2.27. The van der Waals surface area contributed by atoms with E-state index < -0.39 is 0 Å². The first-order valence-electron chi connectivity index (χ1n) is 6.88. The van der Waals surface area contributed by atoms with Crippen LogP contribution in [0.2, 0.25) is 0 Å². The molecule has 1 unspecified atom stereocenters. The lowest BCUT2D eigenvalue weighted by molar-refractivity contribution is 0.415. The fraction of sp³-hybridized carbons (Fsp3) is 0.176. The fourth-order valence-corrected chi connectivity index (χ4v) is 2.31. The molecule has 0 aliphatic heterocycles. The molecule has 0 fully saturated rings. The highest BCUT2D eigenvalue weighted by molar-refractivity contribution is 5.92. The Hall–Kier alpha value is -2.62. The Bertz CT molecular complexity index is 743. The first-order chi connectivity index (χ1) is 10.3. The van der Waals surface area contributed by atoms with E-state index in [0.717, 1.165) is 28.0 Å². The Labute approximate surface area is 123 Å². The highest BCUT2D eigenvalue weighted by atomic mass is 16.5. The molecule has 0 aliphatic rings. The van der Waals surface area contributed by atoms with Crippen LogP contribution in [0.5, 0.6) is 5.75 Å². The number of nitrogens with one attached hydrogen (secondary N) is 1. The number of benzene rings is 1. The summed E-state index contributed by atoms with van der Waals surface area (Å²) < 4.78 is 5.26.